The number of guanidine groups is 1. The zero-order valence-electron chi connectivity index (χ0n) is 11.6. The minimum absolute atomic E-state index is 0. The van der Waals surface area contributed by atoms with Crippen LogP contribution >= 0.6 is 24.0 Å². The van der Waals surface area contributed by atoms with Gasteiger partial charge >= 0.3 is 0 Å². The Balaban J connectivity index is 0.00000200. The van der Waals surface area contributed by atoms with E-state index in [1.54, 1.807) is 10.9 Å². The number of nitrogens with two attached hydrogens (primary N) is 1. The van der Waals surface area contributed by atoms with Crippen molar-refractivity contribution in [3.63, 3.8) is 0 Å². The third kappa shape index (κ3) is 4.48. The van der Waals surface area contributed by atoms with Gasteiger partial charge in [-0.1, -0.05) is 24.3 Å². The molecular weight excluding hydrogens is 367 g/mol. The Bertz CT molecular complexity index is 560. The number of nitrogens with one attached hydrogen (secondary N) is 1. The van der Waals surface area contributed by atoms with E-state index in [0.29, 0.717) is 12.5 Å². The number of halogens is 1. The largest absolute Gasteiger partial charge is 0.370 e. The molecule has 0 saturated carbocycles. The molecule has 0 aliphatic carbocycles. The van der Waals surface area contributed by atoms with Crippen LogP contribution in [0.3, 0.4) is 0 Å². The molecule has 20 heavy (non-hydrogen) atoms. The van der Waals surface area contributed by atoms with Gasteiger partial charge in [0.1, 0.15) is 0 Å². The summed E-state index contributed by atoms with van der Waals surface area (Å²) in [6.07, 6.45) is 2.70. The summed E-state index contributed by atoms with van der Waals surface area (Å²) in [6.45, 7) is 2.58. The molecule has 0 fully saturated rings. The third-order valence-electron chi connectivity index (χ3n) is 2.85. The topological polar surface area (TPSA) is 81.1 Å². The van der Waals surface area contributed by atoms with Gasteiger partial charge in [-0.15, -0.1) is 29.1 Å². The summed E-state index contributed by atoms with van der Waals surface area (Å²) in [5, 5.41) is 10.7. The maximum atomic E-state index is 5.83. The Morgan fingerprint density at radius 3 is 2.60 bits per heavy atom. The van der Waals surface area contributed by atoms with Gasteiger partial charge in [-0.05, 0) is 24.1 Å². The number of nitrogens with zero attached hydrogens (tertiary/aromatic N) is 4. The molecular formula is C13H19IN6. The molecule has 2 rings (SSSR count). The summed E-state index contributed by atoms with van der Waals surface area (Å²) in [7, 11) is 1.82. The maximum absolute atomic E-state index is 5.83. The SMILES string of the molecule is CCc1ccc(NC(N)=NCc2cnnn2C)cc1.I. The van der Waals surface area contributed by atoms with Crippen molar-refractivity contribution in [1.82, 2.24) is 15.0 Å². The van der Waals surface area contributed by atoms with Gasteiger partial charge in [-0.2, -0.15) is 0 Å². The van der Waals surface area contributed by atoms with Crippen LogP contribution in [-0.2, 0) is 20.0 Å². The minimum Gasteiger partial charge on any atom is -0.370 e. The van der Waals surface area contributed by atoms with Crippen LogP contribution in [0.5, 0.6) is 0 Å². The number of hydrogen-bond donors (Lipinski definition) is 2. The van der Waals surface area contributed by atoms with E-state index in [0.717, 1.165) is 17.8 Å². The molecule has 3 N–H and O–H groups in total. The number of aromatic nitrogens is 3. The van der Waals surface area contributed by atoms with Crippen LogP contribution in [0, 0.1) is 0 Å². The molecule has 0 aliphatic rings. The Labute approximate surface area is 135 Å². The van der Waals surface area contributed by atoms with Crippen molar-refractivity contribution in [3.05, 3.63) is 41.7 Å². The Morgan fingerprint density at radius 2 is 2.05 bits per heavy atom. The lowest BCUT2D eigenvalue weighted by atomic mass is 10.1. The van der Waals surface area contributed by atoms with E-state index in [4.69, 9.17) is 5.73 Å². The number of hydrogen-bond acceptors (Lipinski definition) is 3. The zero-order chi connectivity index (χ0) is 13.7. The number of aliphatic imine (C=N–C) groups is 1. The van der Waals surface area contributed by atoms with Crippen molar-refractivity contribution >= 4 is 35.6 Å². The van der Waals surface area contributed by atoms with E-state index in [9.17, 15) is 0 Å². The summed E-state index contributed by atoms with van der Waals surface area (Å²) < 4.78 is 1.67. The minimum atomic E-state index is 0. The van der Waals surface area contributed by atoms with Crippen molar-refractivity contribution < 1.29 is 0 Å². The molecule has 0 atom stereocenters. The highest BCUT2D eigenvalue weighted by Crippen LogP contribution is 2.09. The molecule has 0 amide bonds. The molecule has 0 aliphatic heterocycles. The Kier molecular flexibility index (Phi) is 6.43. The molecule has 0 spiro atoms. The summed E-state index contributed by atoms with van der Waals surface area (Å²) in [5.74, 6) is 0.380. The second-order valence-electron chi connectivity index (χ2n) is 4.23. The average molecular weight is 386 g/mol. The highest BCUT2D eigenvalue weighted by molar-refractivity contribution is 14.0. The highest BCUT2D eigenvalue weighted by Gasteiger charge is 1.99. The number of anilines is 1. The van der Waals surface area contributed by atoms with Crippen LogP contribution in [0.4, 0.5) is 5.69 Å². The maximum Gasteiger partial charge on any atom is 0.193 e. The normalized spacial score (nSPS) is 11.0. The summed E-state index contributed by atoms with van der Waals surface area (Å²) in [6, 6.07) is 8.13. The van der Waals surface area contributed by atoms with Crippen LogP contribution in [0.25, 0.3) is 0 Å². The van der Waals surface area contributed by atoms with Gasteiger partial charge in [0.25, 0.3) is 0 Å². The summed E-state index contributed by atoms with van der Waals surface area (Å²) >= 11 is 0. The second kappa shape index (κ2) is 7.83. The monoisotopic (exact) mass is 386 g/mol. The first-order valence-corrected chi connectivity index (χ1v) is 6.18. The van der Waals surface area contributed by atoms with E-state index < -0.39 is 0 Å². The molecule has 2 aromatic rings. The first-order valence-electron chi connectivity index (χ1n) is 6.18. The fourth-order valence-corrected chi connectivity index (χ4v) is 1.63. The van der Waals surface area contributed by atoms with Crippen LogP contribution in [0.1, 0.15) is 18.2 Å². The molecule has 0 bridgehead atoms. The average Bonchev–Trinajstić information content (AvgIpc) is 2.83. The van der Waals surface area contributed by atoms with E-state index in [1.165, 1.54) is 5.56 Å². The quantitative estimate of drug-likeness (QED) is 0.478. The van der Waals surface area contributed by atoms with Gasteiger partial charge in [-0.25, -0.2) is 4.99 Å². The third-order valence-corrected chi connectivity index (χ3v) is 2.85. The smallest absolute Gasteiger partial charge is 0.193 e. The van der Waals surface area contributed by atoms with Crippen molar-refractivity contribution in [2.45, 2.75) is 19.9 Å². The van der Waals surface area contributed by atoms with Gasteiger partial charge < -0.3 is 11.1 Å². The molecule has 1 heterocycles. The molecule has 108 valence electrons. The summed E-state index contributed by atoms with van der Waals surface area (Å²) in [5.41, 5.74) is 8.97. The van der Waals surface area contributed by atoms with Gasteiger partial charge in [0.05, 0.1) is 18.4 Å². The molecule has 0 saturated heterocycles. The predicted octanol–water partition coefficient (Wildman–Crippen LogP) is 1.92. The van der Waals surface area contributed by atoms with Crippen LogP contribution in [-0.4, -0.2) is 21.0 Å². The van der Waals surface area contributed by atoms with E-state index in [-0.39, 0.29) is 24.0 Å². The standard InChI is InChI=1S/C13H18N6.HI/c1-3-10-4-6-11(7-5-10)17-13(14)15-8-12-9-16-18-19(12)2;/h4-7,9H,3,8H2,1-2H3,(H3,14,15,17);1H. The first-order chi connectivity index (χ1) is 9.19. The van der Waals surface area contributed by atoms with Gasteiger partial charge in [0.2, 0.25) is 0 Å². The Hall–Kier alpha value is -1.64. The second-order valence-corrected chi connectivity index (χ2v) is 4.23. The molecule has 6 nitrogen and oxygen atoms in total. The van der Waals surface area contributed by atoms with Crippen molar-refractivity contribution in [1.29, 1.82) is 0 Å². The fourth-order valence-electron chi connectivity index (χ4n) is 1.63. The lowest BCUT2D eigenvalue weighted by Crippen LogP contribution is -2.22. The van der Waals surface area contributed by atoms with Gasteiger partial charge in [0.15, 0.2) is 5.96 Å². The molecule has 1 aromatic carbocycles. The predicted molar refractivity (Wildman–Crippen MR) is 91.2 cm³/mol. The summed E-state index contributed by atoms with van der Waals surface area (Å²) in [4.78, 5) is 4.25. The van der Waals surface area contributed by atoms with Crippen molar-refractivity contribution in [2.75, 3.05) is 5.32 Å². The van der Waals surface area contributed by atoms with Crippen molar-refractivity contribution in [3.8, 4) is 0 Å². The molecule has 0 radical (unpaired) electrons. The van der Waals surface area contributed by atoms with Crippen LogP contribution in [0.2, 0.25) is 0 Å². The van der Waals surface area contributed by atoms with Crippen molar-refractivity contribution in [2.24, 2.45) is 17.8 Å². The number of rotatable bonds is 4. The van der Waals surface area contributed by atoms with E-state index in [2.05, 4.69) is 39.7 Å². The lowest BCUT2D eigenvalue weighted by Gasteiger charge is -2.06. The Morgan fingerprint density at radius 1 is 1.35 bits per heavy atom. The van der Waals surface area contributed by atoms with Gasteiger partial charge in [0, 0.05) is 12.7 Å². The molecule has 0 unspecified atom stereocenters. The van der Waals surface area contributed by atoms with Gasteiger partial charge in [-0.3, -0.25) is 4.68 Å². The molecule has 7 heteroatoms. The number of aryl methyl sites for hydroxylation is 2. The van der Waals surface area contributed by atoms with E-state index in [1.807, 2.05) is 19.2 Å². The first kappa shape index (κ1) is 16.4. The lowest BCUT2D eigenvalue weighted by molar-refractivity contribution is 0.678. The zero-order valence-corrected chi connectivity index (χ0v) is 13.9. The van der Waals surface area contributed by atoms with Crippen LogP contribution in [0.15, 0.2) is 35.5 Å². The van der Waals surface area contributed by atoms with E-state index >= 15 is 0 Å². The molecule has 1 aromatic heterocycles. The fraction of sp³-hybridized carbons (Fsp3) is 0.308. The number of benzene rings is 1. The highest BCUT2D eigenvalue weighted by atomic mass is 127. The van der Waals surface area contributed by atoms with Crippen LogP contribution < -0.4 is 11.1 Å².